The Morgan fingerprint density at radius 1 is 0.970 bits per heavy atom. The number of esters is 1. The molecule has 0 aliphatic rings. The number of benzene rings is 3. The number of aryl methyl sites for hydroxylation is 1. The van der Waals surface area contributed by atoms with Crippen molar-refractivity contribution >= 4 is 21.7 Å². The SMILES string of the molecule is CCCCN(c1ccccc1)S(=O)(=O)c1cccc(C(=O)Oc2ccc(C(C)C)c(C)c2)c1. The molecule has 6 heteroatoms. The molecule has 0 bridgehead atoms. The van der Waals surface area contributed by atoms with E-state index >= 15 is 0 Å². The first kappa shape index (κ1) is 24.5. The maximum Gasteiger partial charge on any atom is 0.343 e. The molecule has 3 aromatic rings. The van der Waals surface area contributed by atoms with E-state index in [4.69, 9.17) is 4.74 Å². The molecular formula is C27H31NO4S. The minimum absolute atomic E-state index is 0.0586. The van der Waals surface area contributed by atoms with E-state index in [2.05, 4.69) is 13.8 Å². The summed E-state index contributed by atoms with van der Waals surface area (Å²) in [6.45, 7) is 8.58. The third-order valence-electron chi connectivity index (χ3n) is 5.49. The van der Waals surface area contributed by atoms with Gasteiger partial charge in [0.2, 0.25) is 0 Å². The van der Waals surface area contributed by atoms with E-state index in [1.807, 2.05) is 44.2 Å². The first-order valence-electron chi connectivity index (χ1n) is 11.2. The topological polar surface area (TPSA) is 63.7 Å². The van der Waals surface area contributed by atoms with Gasteiger partial charge in [0.15, 0.2) is 0 Å². The summed E-state index contributed by atoms with van der Waals surface area (Å²) in [5.74, 6) is 0.212. The number of ether oxygens (including phenoxy) is 1. The number of carbonyl (C=O) groups excluding carboxylic acids is 1. The van der Waals surface area contributed by atoms with E-state index in [9.17, 15) is 13.2 Å². The average Bonchev–Trinajstić information content (AvgIpc) is 2.80. The number of para-hydroxylation sites is 1. The Balaban J connectivity index is 1.88. The Morgan fingerprint density at radius 3 is 2.33 bits per heavy atom. The molecule has 0 fully saturated rings. The van der Waals surface area contributed by atoms with E-state index in [-0.39, 0.29) is 10.5 Å². The number of unbranched alkanes of at least 4 members (excludes halogenated alkanes) is 1. The van der Waals surface area contributed by atoms with Gasteiger partial charge >= 0.3 is 5.97 Å². The van der Waals surface area contributed by atoms with Crippen LogP contribution in [0.25, 0.3) is 0 Å². The minimum atomic E-state index is -3.85. The molecule has 0 unspecified atom stereocenters. The molecular weight excluding hydrogens is 434 g/mol. The van der Waals surface area contributed by atoms with Crippen LogP contribution < -0.4 is 9.04 Å². The van der Waals surface area contributed by atoms with Crippen LogP contribution in [-0.4, -0.2) is 20.9 Å². The van der Waals surface area contributed by atoms with Gasteiger partial charge in [-0.25, -0.2) is 13.2 Å². The van der Waals surface area contributed by atoms with Crippen molar-refractivity contribution < 1.29 is 17.9 Å². The molecule has 0 saturated heterocycles. The Hall–Kier alpha value is -3.12. The van der Waals surface area contributed by atoms with Gasteiger partial charge in [0.05, 0.1) is 16.1 Å². The van der Waals surface area contributed by atoms with Crippen molar-refractivity contribution in [1.29, 1.82) is 0 Å². The largest absolute Gasteiger partial charge is 0.423 e. The number of hydrogen-bond donors (Lipinski definition) is 0. The summed E-state index contributed by atoms with van der Waals surface area (Å²) in [4.78, 5) is 12.9. The highest BCUT2D eigenvalue weighted by Gasteiger charge is 2.25. The molecule has 174 valence electrons. The van der Waals surface area contributed by atoms with E-state index in [0.29, 0.717) is 23.9 Å². The van der Waals surface area contributed by atoms with Crippen LogP contribution in [0.5, 0.6) is 5.75 Å². The molecule has 0 atom stereocenters. The van der Waals surface area contributed by atoms with E-state index < -0.39 is 16.0 Å². The number of nitrogens with zero attached hydrogens (tertiary/aromatic N) is 1. The maximum absolute atomic E-state index is 13.5. The van der Waals surface area contributed by atoms with Gasteiger partial charge in [-0.3, -0.25) is 4.31 Å². The quantitative estimate of drug-likeness (QED) is 0.273. The summed E-state index contributed by atoms with van der Waals surface area (Å²) in [7, 11) is -3.85. The fourth-order valence-corrected chi connectivity index (χ4v) is 5.27. The molecule has 3 aromatic carbocycles. The van der Waals surface area contributed by atoms with Crippen LogP contribution in [0.15, 0.2) is 77.7 Å². The fourth-order valence-electron chi connectivity index (χ4n) is 3.72. The van der Waals surface area contributed by atoms with Gasteiger partial charge in [-0.15, -0.1) is 0 Å². The third-order valence-corrected chi connectivity index (χ3v) is 7.31. The molecule has 0 aliphatic heterocycles. The normalized spacial score (nSPS) is 11.4. The summed E-state index contributed by atoms with van der Waals surface area (Å²) in [6.07, 6.45) is 1.59. The lowest BCUT2D eigenvalue weighted by molar-refractivity contribution is 0.0734. The molecule has 0 amide bonds. The summed E-state index contributed by atoms with van der Waals surface area (Å²) >= 11 is 0. The number of hydrogen-bond acceptors (Lipinski definition) is 4. The average molecular weight is 466 g/mol. The Morgan fingerprint density at radius 2 is 1.70 bits per heavy atom. The van der Waals surface area contributed by atoms with Crippen LogP contribution in [0.3, 0.4) is 0 Å². The molecule has 5 nitrogen and oxygen atoms in total. The molecule has 0 aliphatic carbocycles. The molecule has 3 rings (SSSR count). The Labute approximate surface area is 197 Å². The van der Waals surface area contributed by atoms with Crippen LogP contribution >= 0.6 is 0 Å². The number of sulfonamides is 1. The zero-order chi connectivity index (χ0) is 24.0. The Bertz CT molecular complexity index is 1200. The highest BCUT2D eigenvalue weighted by Crippen LogP contribution is 2.26. The van der Waals surface area contributed by atoms with Crippen molar-refractivity contribution in [2.75, 3.05) is 10.8 Å². The molecule has 0 N–H and O–H groups in total. The minimum Gasteiger partial charge on any atom is -0.423 e. The molecule has 0 spiro atoms. The van der Waals surface area contributed by atoms with Crippen molar-refractivity contribution in [3.8, 4) is 5.75 Å². The predicted octanol–water partition coefficient (Wildman–Crippen LogP) is 6.33. The highest BCUT2D eigenvalue weighted by molar-refractivity contribution is 7.92. The van der Waals surface area contributed by atoms with Crippen LogP contribution in [0, 0.1) is 6.92 Å². The molecule has 0 radical (unpaired) electrons. The first-order chi connectivity index (χ1) is 15.7. The van der Waals surface area contributed by atoms with Gasteiger partial charge in [-0.05, 0) is 72.9 Å². The second kappa shape index (κ2) is 10.7. The molecule has 0 saturated carbocycles. The highest BCUT2D eigenvalue weighted by atomic mass is 32.2. The fraction of sp³-hybridized carbons (Fsp3) is 0.296. The maximum atomic E-state index is 13.5. The van der Waals surface area contributed by atoms with Crippen LogP contribution in [-0.2, 0) is 10.0 Å². The number of anilines is 1. The molecule has 0 aromatic heterocycles. The summed E-state index contributed by atoms with van der Waals surface area (Å²) in [5.41, 5.74) is 3.02. The summed E-state index contributed by atoms with van der Waals surface area (Å²) < 4.78 is 33.9. The van der Waals surface area contributed by atoms with Crippen LogP contribution in [0.1, 0.15) is 61.0 Å². The standard InChI is InChI=1S/C27H31NO4S/c1-5-6-17-28(23-12-8-7-9-13-23)33(30,31)25-14-10-11-22(19-25)27(29)32-24-15-16-26(20(2)3)21(4)18-24/h7-16,18-20H,5-6,17H2,1-4H3. The lowest BCUT2D eigenvalue weighted by Crippen LogP contribution is -2.32. The lowest BCUT2D eigenvalue weighted by atomic mass is 9.98. The monoisotopic (exact) mass is 465 g/mol. The first-order valence-corrected chi connectivity index (χ1v) is 12.7. The summed E-state index contributed by atoms with van der Waals surface area (Å²) in [5, 5.41) is 0. The van der Waals surface area contributed by atoms with Gasteiger partial charge in [-0.2, -0.15) is 0 Å². The third kappa shape index (κ3) is 5.82. The van der Waals surface area contributed by atoms with Gasteiger partial charge in [0.1, 0.15) is 5.75 Å². The summed E-state index contributed by atoms with van der Waals surface area (Å²) in [6, 6.07) is 20.6. The number of carbonyl (C=O) groups is 1. The van der Waals surface area contributed by atoms with Crippen molar-refractivity contribution in [2.45, 2.75) is 51.3 Å². The van der Waals surface area contributed by atoms with E-state index in [0.717, 1.165) is 18.4 Å². The van der Waals surface area contributed by atoms with Gasteiger partial charge in [0.25, 0.3) is 10.0 Å². The van der Waals surface area contributed by atoms with Crippen molar-refractivity contribution in [1.82, 2.24) is 0 Å². The molecule has 33 heavy (non-hydrogen) atoms. The van der Waals surface area contributed by atoms with Crippen LogP contribution in [0.4, 0.5) is 5.69 Å². The lowest BCUT2D eigenvalue weighted by Gasteiger charge is -2.24. The van der Waals surface area contributed by atoms with Gasteiger partial charge in [0, 0.05) is 6.54 Å². The smallest absolute Gasteiger partial charge is 0.343 e. The zero-order valence-corrected chi connectivity index (χ0v) is 20.4. The van der Waals surface area contributed by atoms with E-state index in [1.54, 1.807) is 30.3 Å². The molecule has 0 heterocycles. The van der Waals surface area contributed by atoms with Crippen molar-refractivity contribution in [3.63, 3.8) is 0 Å². The van der Waals surface area contributed by atoms with Crippen molar-refractivity contribution in [3.05, 3.63) is 89.5 Å². The van der Waals surface area contributed by atoms with Crippen molar-refractivity contribution in [2.24, 2.45) is 0 Å². The second-order valence-electron chi connectivity index (χ2n) is 8.36. The van der Waals surface area contributed by atoms with E-state index in [1.165, 1.54) is 22.0 Å². The predicted molar refractivity (Wildman–Crippen MR) is 133 cm³/mol. The van der Waals surface area contributed by atoms with Crippen LogP contribution in [0.2, 0.25) is 0 Å². The van der Waals surface area contributed by atoms with Gasteiger partial charge < -0.3 is 4.74 Å². The number of rotatable bonds is 9. The van der Waals surface area contributed by atoms with Gasteiger partial charge in [-0.1, -0.05) is 57.5 Å². The Kier molecular flexibility index (Phi) is 7.92. The zero-order valence-electron chi connectivity index (χ0n) is 19.6. The second-order valence-corrected chi connectivity index (χ2v) is 10.2.